The van der Waals surface area contributed by atoms with Crippen LogP contribution in [0.1, 0.15) is 35.4 Å². The zero-order valence-electron chi connectivity index (χ0n) is 21.4. The summed E-state index contributed by atoms with van der Waals surface area (Å²) < 4.78 is 29.4. The maximum atomic E-state index is 15.4. The second-order valence-corrected chi connectivity index (χ2v) is 9.88. The molecule has 1 atom stereocenters. The molecule has 1 unspecified atom stereocenters. The van der Waals surface area contributed by atoms with Crippen molar-refractivity contribution in [3.8, 4) is 17.1 Å². The molecule has 0 aliphatic carbocycles. The molecule has 5 nitrogen and oxygen atoms in total. The fraction of sp³-hybridized carbons (Fsp3) is 0.250. The summed E-state index contributed by atoms with van der Waals surface area (Å²) >= 11 is 0. The zero-order chi connectivity index (χ0) is 25.9. The average Bonchev–Trinajstić information content (AvgIpc) is 3.57. The van der Waals surface area contributed by atoms with Crippen LogP contribution in [0.15, 0.2) is 84.9 Å². The van der Waals surface area contributed by atoms with E-state index in [9.17, 15) is 0 Å². The summed E-state index contributed by atoms with van der Waals surface area (Å²) in [6, 6.07) is 27.1. The molecule has 0 spiro atoms. The molecule has 1 saturated heterocycles. The molecule has 6 heteroatoms. The van der Waals surface area contributed by atoms with Crippen LogP contribution in [0.4, 0.5) is 4.39 Å². The highest BCUT2D eigenvalue weighted by molar-refractivity contribution is 5.76. The van der Waals surface area contributed by atoms with Crippen LogP contribution in [0, 0.1) is 12.7 Å². The van der Waals surface area contributed by atoms with Crippen molar-refractivity contribution < 1.29 is 13.9 Å². The van der Waals surface area contributed by atoms with E-state index in [-0.39, 0.29) is 11.9 Å². The molecule has 3 aromatic carbocycles. The number of aryl methyl sites for hydroxylation is 1. The number of para-hydroxylation sites is 2. The Hall–Kier alpha value is -4.03. The van der Waals surface area contributed by atoms with E-state index in [2.05, 4.69) is 34.7 Å². The van der Waals surface area contributed by atoms with E-state index in [1.165, 1.54) is 5.56 Å². The lowest BCUT2D eigenvalue weighted by Crippen LogP contribution is -2.17. The van der Waals surface area contributed by atoms with Crippen molar-refractivity contribution in [2.75, 3.05) is 6.61 Å². The number of fused-ring (bicyclic) bond motifs is 1. The van der Waals surface area contributed by atoms with Gasteiger partial charge in [0.1, 0.15) is 18.2 Å². The molecule has 0 bridgehead atoms. The highest BCUT2D eigenvalue weighted by Gasteiger charge is 2.20. The SMILES string of the molecule is Cc1cccc(COc2cccc(-c3ccc(Cc4nc5ccccc5n4CC4CCCO4)c(F)c3)n2)c1. The van der Waals surface area contributed by atoms with Gasteiger partial charge in [0, 0.05) is 24.7 Å². The van der Waals surface area contributed by atoms with Crippen LogP contribution in [-0.4, -0.2) is 27.2 Å². The fourth-order valence-electron chi connectivity index (χ4n) is 5.09. The lowest BCUT2D eigenvalue weighted by atomic mass is 10.1. The average molecular weight is 508 g/mol. The number of hydrogen-bond acceptors (Lipinski definition) is 4. The first-order valence-electron chi connectivity index (χ1n) is 13.1. The van der Waals surface area contributed by atoms with Crippen molar-refractivity contribution >= 4 is 11.0 Å². The molecule has 0 N–H and O–H groups in total. The second kappa shape index (κ2) is 10.8. The zero-order valence-corrected chi connectivity index (χ0v) is 21.4. The van der Waals surface area contributed by atoms with Crippen LogP contribution >= 0.6 is 0 Å². The number of aromatic nitrogens is 3. The largest absolute Gasteiger partial charge is 0.473 e. The minimum atomic E-state index is -0.272. The third-order valence-corrected chi connectivity index (χ3v) is 7.03. The molecule has 192 valence electrons. The van der Waals surface area contributed by atoms with E-state index < -0.39 is 0 Å². The molecule has 0 saturated carbocycles. The van der Waals surface area contributed by atoms with Gasteiger partial charge in [-0.3, -0.25) is 0 Å². The molecular formula is C32H30FN3O2. The standard InChI is InChI=1S/C32H30FN3O2/c1-22-7-4-8-23(17-22)21-38-32-13-5-11-28(35-32)25-15-14-24(27(33)18-25)19-31-34-29-10-2-3-12-30(29)36(31)20-26-9-6-16-37-26/h2-5,7-8,10-15,17-18,26H,6,9,16,19-21H2,1H3. The predicted molar refractivity (Wildman–Crippen MR) is 147 cm³/mol. The Kier molecular flexibility index (Phi) is 6.88. The first-order valence-corrected chi connectivity index (χ1v) is 13.1. The lowest BCUT2D eigenvalue weighted by Gasteiger charge is -2.15. The molecule has 0 amide bonds. The highest BCUT2D eigenvalue weighted by atomic mass is 19.1. The summed E-state index contributed by atoms with van der Waals surface area (Å²) in [7, 11) is 0. The maximum absolute atomic E-state index is 15.4. The Morgan fingerprint density at radius 1 is 0.974 bits per heavy atom. The van der Waals surface area contributed by atoms with Gasteiger partial charge in [0.05, 0.1) is 29.4 Å². The number of ether oxygens (including phenoxy) is 2. The van der Waals surface area contributed by atoms with Gasteiger partial charge in [-0.05, 0) is 55.2 Å². The fourth-order valence-corrected chi connectivity index (χ4v) is 5.09. The quantitative estimate of drug-likeness (QED) is 0.229. The molecule has 5 aromatic rings. The summed E-state index contributed by atoms with van der Waals surface area (Å²) in [5.41, 5.74) is 6.22. The Bertz CT molecular complexity index is 1570. The third kappa shape index (κ3) is 5.31. The van der Waals surface area contributed by atoms with Gasteiger partial charge in [-0.25, -0.2) is 14.4 Å². The van der Waals surface area contributed by atoms with Gasteiger partial charge in [0.25, 0.3) is 0 Å². The van der Waals surface area contributed by atoms with Crippen molar-refractivity contribution in [3.63, 3.8) is 0 Å². The van der Waals surface area contributed by atoms with Crippen molar-refractivity contribution in [3.05, 3.63) is 113 Å². The molecular weight excluding hydrogens is 477 g/mol. The van der Waals surface area contributed by atoms with E-state index in [1.807, 2.05) is 60.7 Å². The summed E-state index contributed by atoms with van der Waals surface area (Å²) in [6.45, 7) is 4.02. The van der Waals surface area contributed by atoms with Gasteiger partial charge in [0.2, 0.25) is 5.88 Å². The Morgan fingerprint density at radius 2 is 1.87 bits per heavy atom. The van der Waals surface area contributed by atoms with Gasteiger partial charge in [-0.1, -0.05) is 60.2 Å². The molecule has 38 heavy (non-hydrogen) atoms. The van der Waals surface area contributed by atoms with Crippen molar-refractivity contribution in [2.24, 2.45) is 0 Å². The topological polar surface area (TPSA) is 49.2 Å². The second-order valence-electron chi connectivity index (χ2n) is 9.88. The van der Waals surface area contributed by atoms with Crippen LogP contribution in [0.2, 0.25) is 0 Å². The molecule has 1 aliphatic heterocycles. The molecule has 0 radical (unpaired) electrons. The first kappa shape index (κ1) is 24.3. The van der Waals surface area contributed by atoms with Gasteiger partial charge < -0.3 is 14.0 Å². The monoisotopic (exact) mass is 507 g/mol. The number of pyridine rings is 1. The number of benzene rings is 3. The van der Waals surface area contributed by atoms with Gasteiger partial charge in [0.15, 0.2) is 0 Å². The summed E-state index contributed by atoms with van der Waals surface area (Å²) in [6.07, 6.45) is 2.69. The molecule has 2 aromatic heterocycles. The van der Waals surface area contributed by atoms with Crippen LogP contribution in [0.5, 0.6) is 5.88 Å². The lowest BCUT2D eigenvalue weighted by molar-refractivity contribution is 0.0973. The van der Waals surface area contributed by atoms with Gasteiger partial charge >= 0.3 is 0 Å². The third-order valence-electron chi connectivity index (χ3n) is 7.03. The first-order chi connectivity index (χ1) is 18.6. The maximum Gasteiger partial charge on any atom is 0.214 e. The summed E-state index contributed by atoms with van der Waals surface area (Å²) in [4.78, 5) is 9.46. The normalized spacial score (nSPS) is 15.3. The Morgan fingerprint density at radius 3 is 2.71 bits per heavy atom. The number of rotatable bonds is 8. The van der Waals surface area contributed by atoms with E-state index in [0.29, 0.717) is 35.7 Å². The van der Waals surface area contributed by atoms with E-state index in [4.69, 9.17) is 14.5 Å². The molecule has 3 heterocycles. The molecule has 1 aliphatic rings. The van der Waals surface area contributed by atoms with Crippen molar-refractivity contribution in [1.82, 2.24) is 14.5 Å². The number of hydrogen-bond donors (Lipinski definition) is 0. The Balaban J connectivity index is 1.22. The van der Waals surface area contributed by atoms with E-state index >= 15 is 4.39 Å². The van der Waals surface area contributed by atoms with Crippen molar-refractivity contribution in [1.29, 1.82) is 0 Å². The predicted octanol–water partition coefficient (Wildman–Crippen LogP) is 6.89. The number of halogens is 1. The smallest absolute Gasteiger partial charge is 0.214 e. The minimum Gasteiger partial charge on any atom is -0.473 e. The van der Waals surface area contributed by atoms with Gasteiger partial charge in [-0.2, -0.15) is 0 Å². The van der Waals surface area contributed by atoms with Crippen LogP contribution in [-0.2, 0) is 24.3 Å². The minimum absolute atomic E-state index is 0.171. The van der Waals surface area contributed by atoms with Gasteiger partial charge in [-0.15, -0.1) is 0 Å². The van der Waals surface area contributed by atoms with E-state index in [1.54, 1.807) is 6.07 Å². The summed E-state index contributed by atoms with van der Waals surface area (Å²) in [5, 5.41) is 0. The summed E-state index contributed by atoms with van der Waals surface area (Å²) in [5.74, 6) is 1.08. The molecule has 1 fully saturated rings. The van der Waals surface area contributed by atoms with E-state index in [0.717, 1.165) is 48.4 Å². The number of imidazole rings is 1. The van der Waals surface area contributed by atoms with Crippen molar-refractivity contribution in [2.45, 2.75) is 45.4 Å². The van der Waals surface area contributed by atoms with Crippen LogP contribution < -0.4 is 4.74 Å². The van der Waals surface area contributed by atoms with Crippen LogP contribution in [0.25, 0.3) is 22.3 Å². The Labute approximate surface area is 221 Å². The van der Waals surface area contributed by atoms with Crippen LogP contribution in [0.3, 0.4) is 0 Å². The highest BCUT2D eigenvalue weighted by Crippen LogP contribution is 2.26. The molecule has 6 rings (SSSR count). The number of nitrogens with zero attached hydrogens (tertiary/aromatic N) is 3.